The number of benzene rings is 2. The van der Waals surface area contributed by atoms with E-state index < -0.39 is 67.8 Å². The number of aromatic amines is 1. The Bertz CT molecular complexity index is 1530. The van der Waals surface area contributed by atoms with Crippen LogP contribution in [0.1, 0.15) is 33.9 Å². The fraction of sp³-hybridized carbons (Fsp3) is 0.423. The third-order valence-corrected chi connectivity index (χ3v) is 7.91. The molecule has 14 heteroatoms. The molecule has 1 fully saturated rings. The van der Waals surface area contributed by atoms with Gasteiger partial charge >= 0.3 is 19.4 Å². The number of aliphatic hydroxyl groups is 2. The number of carbonyl (C=O) groups excluding carboxylic acids is 1. The Labute approximate surface area is 229 Å². The number of rotatable bonds is 10. The third-order valence-electron chi connectivity index (χ3n) is 6.27. The molecule has 0 saturated carbocycles. The van der Waals surface area contributed by atoms with Crippen molar-refractivity contribution in [1.29, 1.82) is 0 Å². The van der Waals surface area contributed by atoms with Crippen molar-refractivity contribution in [2.75, 3.05) is 6.61 Å². The van der Waals surface area contributed by atoms with Crippen molar-refractivity contribution in [2.45, 2.75) is 63.9 Å². The maximum Gasteiger partial charge on any atom is 0.459 e. The Hall–Kier alpha value is -3.32. The van der Waals surface area contributed by atoms with Crippen LogP contribution in [0, 0.1) is 0 Å². The summed E-state index contributed by atoms with van der Waals surface area (Å²) in [4.78, 5) is 38.2. The lowest BCUT2D eigenvalue weighted by Crippen LogP contribution is -2.47. The second kappa shape index (κ2) is 11.7. The molecule has 2 heterocycles. The molecule has 1 aliphatic heterocycles. The van der Waals surface area contributed by atoms with Crippen molar-refractivity contribution in [3.05, 3.63) is 75.6 Å². The summed E-state index contributed by atoms with van der Waals surface area (Å²) in [5, 5.41) is 26.0. The van der Waals surface area contributed by atoms with Crippen LogP contribution in [0.25, 0.3) is 10.8 Å². The molecule has 40 heavy (non-hydrogen) atoms. The highest BCUT2D eigenvalue weighted by Gasteiger charge is 2.54. The summed E-state index contributed by atoms with van der Waals surface area (Å²) >= 11 is 0. The molecule has 13 nitrogen and oxygen atoms in total. The zero-order chi connectivity index (χ0) is 29.2. The van der Waals surface area contributed by atoms with Crippen LogP contribution in [0.5, 0.6) is 5.75 Å². The molecular formula is C26H32N3O10P. The second-order valence-electron chi connectivity index (χ2n) is 9.94. The number of nitrogens with one attached hydrogen (secondary N) is 2. The number of H-pyrrole nitrogens is 1. The number of carbonyl (C=O) groups is 1. The van der Waals surface area contributed by atoms with Gasteiger partial charge in [-0.1, -0.05) is 30.3 Å². The van der Waals surface area contributed by atoms with Gasteiger partial charge in [0.05, 0.1) is 12.7 Å². The molecule has 1 aliphatic rings. The van der Waals surface area contributed by atoms with Crippen LogP contribution < -0.4 is 20.9 Å². The molecule has 3 aromatic rings. The molecule has 0 amide bonds. The van der Waals surface area contributed by atoms with Crippen LogP contribution in [0.3, 0.4) is 0 Å². The maximum absolute atomic E-state index is 13.9. The topological polar surface area (TPSA) is 178 Å². The highest BCUT2D eigenvalue weighted by Crippen LogP contribution is 2.47. The Morgan fingerprint density at radius 2 is 1.88 bits per heavy atom. The minimum atomic E-state index is -4.34. The summed E-state index contributed by atoms with van der Waals surface area (Å²) in [6, 6.07) is 12.4. The van der Waals surface area contributed by atoms with Crippen molar-refractivity contribution in [3.8, 4) is 5.75 Å². The molecule has 0 spiro atoms. The quantitative estimate of drug-likeness (QED) is 0.204. The van der Waals surface area contributed by atoms with Gasteiger partial charge in [0, 0.05) is 12.3 Å². The second-order valence-corrected chi connectivity index (χ2v) is 11.6. The molecule has 0 bridgehead atoms. The highest BCUT2D eigenvalue weighted by atomic mass is 31.2. The fourth-order valence-electron chi connectivity index (χ4n) is 4.24. The lowest BCUT2D eigenvalue weighted by atomic mass is 9.96. The number of aliphatic hydroxyl groups excluding tert-OH is 1. The Morgan fingerprint density at radius 1 is 1.18 bits per heavy atom. The summed E-state index contributed by atoms with van der Waals surface area (Å²) in [5.41, 5.74) is -3.51. The molecule has 4 N–H and O–H groups in total. The van der Waals surface area contributed by atoms with Crippen LogP contribution in [0.2, 0.25) is 0 Å². The average Bonchev–Trinajstić information content (AvgIpc) is 3.10. The minimum absolute atomic E-state index is 0.177. The molecule has 0 aliphatic carbocycles. The van der Waals surface area contributed by atoms with Crippen molar-refractivity contribution >= 4 is 24.5 Å². The van der Waals surface area contributed by atoms with Gasteiger partial charge in [0.2, 0.25) is 0 Å². The van der Waals surface area contributed by atoms with Gasteiger partial charge in [0.25, 0.3) is 5.56 Å². The van der Waals surface area contributed by atoms with E-state index in [9.17, 15) is 29.2 Å². The Morgan fingerprint density at radius 3 is 2.55 bits per heavy atom. The van der Waals surface area contributed by atoms with E-state index in [1.54, 1.807) is 32.0 Å². The molecule has 4 rings (SSSR count). The molecule has 0 radical (unpaired) electrons. The number of fused-ring (bicyclic) bond motifs is 1. The molecule has 1 unspecified atom stereocenters. The van der Waals surface area contributed by atoms with E-state index in [0.717, 1.165) is 27.6 Å². The standard InChI is InChI=1S/C26H32N3O10P/c1-15(2)37-23(32)16(3)28-40(35,39-19-10-9-17-7-5-6-8-18(17)13-19)36-14-20-22(31)26(4,34)24(38-20)29-12-11-21(30)27-25(29)33/h5-13,15-16,20,22,24,31,34H,14H2,1-4H3,(H,28,35)(H,27,30,33)/t16-,20+,22+,24+,26+,40?/m0/s1. The van der Waals surface area contributed by atoms with Gasteiger partial charge in [0.15, 0.2) is 6.23 Å². The van der Waals surface area contributed by atoms with Gasteiger partial charge < -0.3 is 24.2 Å². The average molecular weight is 578 g/mol. The van der Waals surface area contributed by atoms with Gasteiger partial charge in [-0.2, -0.15) is 5.09 Å². The number of nitrogens with zero attached hydrogens (tertiary/aromatic N) is 1. The minimum Gasteiger partial charge on any atom is -0.462 e. The van der Waals surface area contributed by atoms with Crippen molar-refractivity contribution in [3.63, 3.8) is 0 Å². The predicted octanol–water partition coefficient (Wildman–Crippen LogP) is 1.83. The first kappa shape index (κ1) is 29.7. The Kier molecular flexibility index (Phi) is 8.64. The molecule has 1 saturated heterocycles. The zero-order valence-electron chi connectivity index (χ0n) is 22.3. The summed E-state index contributed by atoms with van der Waals surface area (Å²) in [7, 11) is -4.34. The van der Waals surface area contributed by atoms with Crippen LogP contribution >= 0.6 is 7.75 Å². The molecule has 216 valence electrons. The molecule has 1 aromatic heterocycles. The highest BCUT2D eigenvalue weighted by molar-refractivity contribution is 7.52. The van der Waals surface area contributed by atoms with Crippen molar-refractivity contribution < 1.29 is 38.1 Å². The normalized spacial score (nSPS) is 25.0. The number of aromatic nitrogens is 2. The summed E-state index contributed by atoms with van der Waals surface area (Å²) in [6.07, 6.45) is -3.60. The summed E-state index contributed by atoms with van der Waals surface area (Å²) in [6.45, 7) is 5.43. The predicted molar refractivity (Wildman–Crippen MR) is 144 cm³/mol. The first-order chi connectivity index (χ1) is 18.8. The van der Waals surface area contributed by atoms with E-state index >= 15 is 0 Å². The van der Waals surface area contributed by atoms with Gasteiger partial charge in [-0.15, -0.1) is 0 Å². The first-order valence-corrected chi connectivity index (χ1v) is 14.1. The van der Waals surface area contributed by atoms with Gasteiger partial charge in [-0.25, -0.2) is 9.36 Å². The first-order valence-electron chi connectivity index (χ1n) is 12.6. The molecule has 2 aromatic carbocycles. The fourth-order valence-corrected chi connectivity index (χ4v) is 5.73. The van der Waals surface area contributed by atoms with E-state index in [1.807, 2.05) is 24.3 Å². The van der Waals surface area contributed by atoms with Gasteiger partial charge in [-0.05, 0) is 50.6 Å². The smallest absolute Gasteiger partial charge is 0.459 e. The van der Waals surface area contributed by atoms with Crippen molar-refractivity contribution in [2.24, 2.45) is 0 Å². The molecular weight excluding hydrogens is 545 g/mol. The van der Waals surface area contributed by atoms with Crippen LogP contribution in [-0.4, -0.2) is 62.3 Å². The van der Waals surface area contributed by atoms with Gasteiger partial charge in [-0.3, -0.25) is 23.7 Å². The van der Waals surface area contributed by atoms with E-state index in [0.29, 0.717) is 0 Å². The SMILES string of the molecule is CC(C)OC(=O)[C@H](C)NP(=O)(OC[C@H]1O[C@@H](n2ccc(=O)[nH]c2=O)[C@](C)(O)[C@@H]1O)Oc1ccc2ccccc2c1. The van der Waals surface area contributed by atoms with E-state index in [1.165, 1.54) is 13.8 Å². The lowest BCUT2D eigenvalue weighted by molar-refractivity contribution is -0.149. The lowest BCUT2D eigenvalue weighted by Gasteiger charge is -2.27. The number of hydrogen-bond donors (Lipinski definition) is 4. The van der Waals surface area contributed by atoms with Crippen LogP contribution in [0.15, 0.2) is 64.3 Å². The Balaban J connectivity index is 1.57. The van der Waals surface area contributed by atoms with E-state index in [2.05, 4.69) is 10.1 Å². The number of hydrogen-bond acceptors (Lipinski definition) is 10. The largest absolute Gasteiger partial charge is 0.462 e. The monoisotopic (exact) mass is 577 g/mol. The maximum atomic E-state index is 13.9. The van der Waals surface area contributed by atoms with E-state index in [4.69, 9.17) is 18.5 Å². The number of esters is 1. The number of ether oxygens (including phenoxy) is 2. The van der Waals surface area contributed by atoms with Gasteiger partial charge in [0.1, 0.15) is 29.6 Å². The van der Waals surface area contributed by atoms with Crippen LogP contribution in [-0.2, 0) is 23.4 Å². The molecule has 6 atom stereocenters. The summed E-state index contributed by atoms with van der Waals surface area (Å²) in [5.74, 6) is -0.518. The summed E-state index contributed by atoms with van der Waals surface area (Å²) < 4.78 is 37.1. The third kappa shape index (κ3) is 6.52. The van der Waals surface area contributed by atoms with Crippen molar-refractivity contribution in [1.82, 2.24) is 14.6 Å². The van der Waals surface area contributed by atoms with Crippen LogP contribution in [0.4, 0.5) is 0 Å². The zero-order valence-corrected chi connectivity index (χ0v) is 23.2. The van der Waals surface area contributed by atoms with E-state index in [-0.39, 0.29) is 5.75 Å².